The molecular formula is C28H35N3O5. The van der Waals surface area contributed by atoms with Gasteiger partial charge in [0.15, 0.2) is 0 Å². The molecule has 2 aliphatic heterocycles. The van der Waals surface area contributed by atoms with Crippen LogP contribution in [0, 0.1) is 0 Å². The SMILES string of the molecule is CC(=O)Oc1cc(OC(C)=O)c(C(C)C)cc1C(=O)N1Cc2ccc(CN3CCN(C)CC3)cc2C1. The number of rotatable bonds is 6. The molecule has 0 atom stereocenters. The van der Waals surface area contributed by atoms with Crippen molar-refractivity contribution in [3.8, 4) is 11.5 Å². The van der Waals surface area contributed by atoms with Gasteiger partial charge in [0.2, 0.25) is 0 Å². The molecule has 0 unspecified atom stereocenters. The van der Waals surface area contributed by atoms with E-state index >= 15 is 0 Å². The van der Waals surface area contributed by atoms with E-state index in [-0.39, 0.29) is 23.1 Å². The van der Waals surface area contributed by atoms with Gasteiger partial charge < -0.3 is 19.3 Å². The summed E-state index contributed by atoms with van der Waals surface area (Å²) in [4.78, 5) is 43.7. The molecule has 0 aliphatic carbocycles. The van der Waals surface area contributed by atoms with Crippen molar-refractivity contribution in [1.29, 1.82) is 0 Å². The lowest BCUT2D eigenvalue weighted by Gasteiger charge is -2.32. The van der Waals surface area contributed by atoms with Crippen LogP contribution in [0.15, 0.2) is 30.3 Å². The Morgan fingerprint density at radius 3 is 2.14 bits per heavy atom. The molecule has 192 valence electrons. The Labute approximate surface area is 212 Å². The highest BCUT2D eigenvalue weighted by molar-refractivity contribution is 5.98. The van der Waals surface area contributed by atoms with E-state index in [0.29, 0.717) is 24.4 Å². The smallest absolute Gasteiger partial charge is 0.308 e. The third-order valence-corrected chi connectivity index (χ3v) is 6.75. The first-order valence-corrected chi connectivity index (χ1v) is 12.5. The molecule has 8 nitrogen and oxygen atoms in total. The van der Waals surface area contributed by atoms with Crippen LogP contribution in [0.1, 0.15) is 66.2 Å². The predicted molar refractivity (Wildman–Crippen MR) is 136 cm³/mol. The number of amides is 1. The standard InChI is InChI=1S/C28H35N3O5/c1-18(2)24-13-25(27(36-20(4)33)14-26(24)35-19(3)32)28(34)31-16-22-7-6-21(12-23(22)17-31)15-30-10-8-29(5)9-11-30/h6-7,12-14,18H,8-11,15-17H2,1-5H3. The van der Waals surface area contributed by atoms with Crippen molar-refractivity contribution < 1.29 is 23.9 Å². The Balaban J connectivity index is 1.56. The van der Waals surface area contributed by atoms with Crippen molar-refractivity contribution >= 4 is 17.8 Å². The highest BCUT2D eigenvalue weighted by atomic mass is 16.5. The van der Waals surface area contributed by atoms with E-state index in [4.69, 9.17) is 9.47 Å². The maximum absolute atomic E-state index is 13.7. The zero-order valence-corrected chi connectivity index (χ0v) is 21.8. The largest absolute Gasteiger partial charge is 0.426 e. The number of ether oxygens (including phenoxy) is 2. The fourth-order valence-electron chi connectivity index (χ4n) is 4.80. The molecule has 0 radical (unpaired) electrons. The molecule has 0 bridgehead atoms. The number of esters is 2. The lowest BCUT2D eigenvalue weighted by atomic mass is 9.98. The average Bonchev–Trinajstić information content (AvgIpc) is 3.23. The van der Waals surface area contributed by atoms with E-state index < -0.39 is 11.9 Å². The lowest BCUT2D eigenvalue weighted by molar-refractivity contribution is -0.132. The second kappa shape index (κ2) is 10.8. The molecule has 0 N–H and O–H groups in total. The van der Waals surface area contributed by atoms with E-state index in [1.54, 1.807) is 11.0 Å². The molecule has 2 aliphatic rings. The quantitative estimate of drug-likeness (QED) is 0.450. The average molecular weight is 494 g/mol. The highest BCUT2D eigenvalue weighted by Crippen LogP contribution is 2.36. The molecule has 2 aromatic carbocycles. The summed E-state index contributed by atoms with van der Waals surface area (Å²) in [6.07, 6.45) is 0. The van der Waals surface area contributed by atoms with E-state index in [1.807, 2.05) is 13.8 Å². The van der Waals surface area contributed by atoms with Crippen molar-refractivity contribution in [3.63, 3.8) is 0 Å². The summed E-state index contributed by atoms with van der Waals surface area (Å²) in [6, 6.07) is 9.63. The van der Waals surface area contributed by atoms with E-state index in [2.05, 4.69) is 35.0 Å². The number of benzene rings is 2. The number of fused-ring (bicyclic) bond motifs is 1. The number of piperazine rings is 1. The molecule has 2 heterocycles. The van der Waals surface area contributed by atoms with Crippen LogP contribution >= 0.6 is 0 Å². The normalized spacial score (nSPS) is 16.2. The summed E-state index contributed by atoms with van der Waals surface area (Å²) in [5.41, 5.74) is 4.51. The second-order valence-electron chi connectivity index (χ2n) is 10.1. The van der Waals surface area contributed by atoms with Crippen molar-refractivity contribution in [2.24, 2.45) is 0 Å². The molecule has 8 heteroatoms. The summed E-state index contributed by atoms with van der Waals surface area (Å²) in [6.45, 7) is 12.7. The first-order chi connectivity index (χ1) is 17.1. The third-order valence-electron chi connectivity index (χ3n) is 6.75. The van der Waals surface area contributed by atoms with Gasteiger partial charge in [0, 0.05) is 65.7 Å². The van der Waals surface area contributed by atoms with Gasteiger partial charge in [-0.15, -0.1) is 0 Å². The van der Waals surface area contributed by atoms with Gasteiger partial charge in [0.25, 0.3) is 5.91 Å². The summed E-state index contributed by atoms with van der Waals surface area (Å²) in [5.74, 6) is -0.867. The highest BCUT2D eigenvalue weighted by Gasteiger charge is 2.29. The van der Waals surface area contributed by atoms with Crippen LogP contribution in [0.3, 0.4) is 0 Å². The van der Waals surface area contributed by atoms with Crippen molar-refractivity contribution in [1.82, 2.24) is 14.7 Å². The van der Waals surface area contributed by atoms with Gasteiger partial charge in [-0.3, -0.25) is 19.3 Å². The minimum Gasteiger partial charge on any atom is -0.426 e. The number of likely N-dealkylation sites (N-methyl/N-ethyl adjacent to an activating group) is 1. The lowest BCUT2D eigenvalue weighted by Crippen LogP contribution is -2.43. The van der Waals surface area contributed by atoms with Crippen LogP contribution in [-0.4, -0.2) is 65.8 Å². The van der Waals surface area contributed by atoms with Crippen LogP contribution in [-0.2, 0) is 29.2 Å². The first-order valence-electron chi connectivity index (χ1n) is 12.5. The maximum Gasteiger partial charge on any atom is 0.308 e. The summed E-state index contributed by atoms with van der Waals surface area (Å²) >= 11 is 0. The van der Waals surface area contributed by atoms with Crippen LogP contribution < -0.4 is 9.47 Å². The Hall–Kier alpha value is -3.23. The summed E-state index contributed by atoms with van der Waals surface area (Å²) in [7, 11) is 2.15. The van der Waals surface area contributed by atoms with Gasteiger partial charge in [-0.05, 0) is 41.3 Å². The predicted octanol–water partition coefficient (Wildman–Crippen LogP) is 3.56. The maximum atomic E-state index is 13.7. The molecular weight excluding hydrogens is 458 g/mol. The van der Waals surface area contributed by atoms with Gasteiger partial charge in [0.1, 0.15) is 11.5 Å². The van der Waals surface area contributed by atoms with Crippen LogP contribution in [0.4, 0.5) is 0 Å². The van der Waals surface area contributed by atoms with E-state index in [0.717, 1.165) is 43.9 Å². The molecule has 36 heavy (non-hydrogen) atoms. The number of hydrogen-bond acceptors (Lipinski definition) is 7. The Morgan fingerprint density at radius 1 is 0.861 bits per heavy atom. The Kier molecular flexibility index (Phi) is 7.76. The second-order valence-corrected chi connectivity index (χ2v) is 10.1. The van der Waals surface area contributed by atoms with Crippen LogP contribution in [0.25, 0.3) is 0 Å². The Bertz CT molecular complexity index is 1170. The molecule has 4 rings (SSSR count). The zero-order valence-electron chi connectivity index (χ0n) is 21.8. The van der Waals surface area contributed by atoms with Crippen molar-refractivity contribution in [2.45, 2.75) is 53.2 Å². The topological polar surface area (TPSA) is 79.4 Å². The molecule has 0 spiro atoms. The minimum absolute atomic E-state index is 0.00909. The molecule has 1 amide bonds. The van der Waals surface area contributed by atoms with Gasteiger partial charge in [-0.2, -0.15) is 0 Å². The fourth-order valence-corrected chi connectivity index (χ4v) is 4.80. The zero-order chi connectivity index (χ0) is 26.0. The van der Waals surface area contributed by atoms with Gasteiger partial charge in [-0.25, -0.2) is 0 Å². The monoisotopic (exact) mass is 493 g/mol. The number of hydrogen-bond donors (Lipinski definition) is 0. The molecule has 2 aromatic rings. The van der Waals surface area contributed by atoms with Gasteiger partial charge in [0.05, 0.1) is 5.56 Å². The number of carbonyl (C=O) groups is 3. The molecule has 1 fully saturated rings. The van der Waals surface area contributed by atoms with E-state index in [9.17, 15) is 14.4 Å². The molecule has 0 saturated carbocycles. The van der Waals surface area contributed by atoms with Crippen molar-refractivity contribution in [3.05, 3.63) is 58.1 Å². The van der Waals surface area contributed by atoms with Crippen LogP contribution in [0.5, 0.6) is 11.5 Å². The summed E-state index contributed by atoms with van der Waals surface area (Å²) < 4.78 is 10.7. The summed E-state index contributed by atoms with van der Waals surface area (Å²) in [5, 5.41) is 0. The third kappa shape index (κ3) is 5.94. The minimum atomic E-state index is -0.548. The Morgan fingerprint density at radius 2 is 1.50 bits per heavy atom. The van der Waals surface area contributed by atoms with Crippen LogP contribution in [0.2, 0.25) is 0 Å². The first kappa shape index (κ1) is 25.9. The van der Waals surface area contributed by atoms with E-state index in [1.165, 1.54) is 25.5 Å². The van der Waals surface area contributed by atoms with Gasteiger partial charge in [-0.1, -0.05) is 32.0 Å². The molecule has 1 saturated heterocycles. The van der Waals surface area contributed by atoms with Crippen molar-refractivity contribution in [2.75, 3.05) is 33.2 Å². The number of nitrogens with zero attached hydrogens (tertiary/aromatic N) is 3. The fraction of sp³-hybridized carbons (Fsp3) is 0.464. The molecule has 0 aromatic heterocycles. The van der Waals surface area contributed by atoms with Gasteiger partial charge >= 0.3 is 11.9 Å². The number of carbonyl (C=O) groups excluding carboxylic acids is 3.